The number of H-pyrrole nitrogens is 1. The van der Waals surface area contributed by atoms with Crippen LogP contribution in [0.1, 0.15) is 67.7 Å². The summed E-state index contributed by atoms with van der Waals surface area (Å²) in [5, 5.41) is 12.6. The van der Waals surface area contributed by atoms with Crippen LogP contribution in [0.5, 0.6) is 5.75 Å². The molecule has 3 heterocycles. The number of nitrogens with zero attached hydrogens (tertiary/aromatic N) is 2. The van der Waals surface area contributed by atoms with E-state index in [1.807, 2.05) is 19.2 Å². The van der Waals surface area contributed by atoms with Gasteiger partial charge in [-0.15, -0.1) is 0 Å². The molecule has 0 bridgehead atoms. The molecule has 1 aromatic heterocycles. The molecule has 2 fully saturated rings. The highest BCUT2D eigenvalue weighted by atomic mass is 19.1. The van der Waals surface area contributed by atoms with E-state index in [1.54, 1.807) is 19.2 Å². The zero-order valence-corrected chi connectivity index (χ0v) is 21.2. The predicted octanol–water partition coefficient (Wildman–Crippen LogP) is 2.95. The van der Waals surface area contributed by atoms with Gasteiger partial charge in [-0.3, -0.25) is 15.1 Å². The molecule has 2 aromatic rings. The Balaban J connectivity index is 1.29. The number of carbonyl (C=O) groups is 1. The summed E-state index contributed by atoms with van der Waals surface area (Å²) in [6, 6.07) is 5.21. The van der Waals surface area contributed by atoms with Crippen molar-refractivity contribution < 1.29 is 14.3 Å². The van der Waals surface area contributed by atoms with Gasteiger partial charge in [0.2, 0.25) is 5.91 Å². The molecule has 2 aliphatic heterocycles. The summed E-state index contributed by atoms with van der Waals surface area (Å²) in [6.07, 6.45) is 6.30. The largest absolute Gasteiger partial charge is 0.508 e. The maximum atomic E-state index is 15.9. The minimum absolute atomic E-state index is 0.00964. The lowest BCUT2D eigenvalue weighted by atomic mass is 9.71. The summed E-state index contributed by atoms with van der Waals surface area (Å²) in [5.74, 6) is 0.945. The minimum atomic E-state index is -1.04. The van der Waals surface area contributed by atoms with E-state index in [2.05, 4.69) is 44.0 Å². The van der Waals surface area contributed by atoms with E-state index < -0.39 is 6.17 Å². The van der Waals surface area contributed by atoms with Crippen LogP contribution in [-0.2, 0) is 11.2 Å². The number of carbonyl (C=O) groups excluding carboxylic acids is 1. The monoisotopic (exact) mass is 496 g/mol. The third kappa shape index (κ3) is 4.67. The molecular formula is C27H37FN6O2. The van der Waals surface area contributed by atoms with Gasteiger partial charge in [-0.1, -0.05) is 19.1 Å². The van der Waals surface area contributed by atoms with Crippen molar-refractivity contribution in [1.82, 2.24) is 31.0 Å². The van der Waals surface area contributed by atoms with Crippen molar-refractivity contribution in [1.29, 1.82) is 0 Å². The van der Waals surface area contributed by atoms with Crippen molar-refractivity contribution in [3.05, 3.63) is 53.1 Å². The fraction of sp³-hybridized carbons (Fsp3) is 0.556. The number of aromatic amines is 1. The smallest absolute Gasteiger partial charge is 0.233 e. The van der Waals surface area contributed by atoms with Gasteiger partial charge < -0.3 is 15.4 Å². The van der Waals surface area contributed by atoms with E-state index in [4.69, 9.17) is 0 Å². The molecule has 0 radical (unpaired) electrons. The van der Waals surface area contributed by atoms with Gasteiger partial charge in [-0.2, -0.15) is 0 Å². The Hall–Kier alpha value is -2.75. The molecule has 0 spiro atoms. The number of likely N-dealkylation sites (N-methyl/N-ethyl adjacent to an activating group) is 1. The molecule has 1 amide bonds. The number of aromatic hydroxyl groups is 1. The Morgan fingerprint density at radius 2 is 2.14 bits per heavy atom. The molecule has 1 saturated carbocycles. The summed E-state index contributed by atoms with van der Waals surface area (Å²) in [7, 11) is 1.66. The maximum absolute atomic E-state index is 15.9. The van der Waals surface area contributed by atoms with Crippen LogP contribution in [0.25, 0.3) is 5.57 Å². The lowest BCUT2D eigenvalue weighted by Gasteiger charge is -2.36. The second kappa shape index (κ2) is 10.3. The van der Waals surface area contributed by atoms with Gasteiger partial charge in [0.05, 0.1) is 30.5 Å². The molecule has 5 unspecified atom stereocenters. The fourth-order valence-electron chi connectivity index (χ4n) is 6.14. The van der Waals surface area contributed by atoms with Gasteiger partial charge >= 0.3 is 0 Å². The van der Waals surface area contributed by atoms with Gasteiger partial charge in [-0.25, -0.2) is 14.8 Å². The SMILES string of the molecule is CCc1cc(O)ccc1C1CCC2C(c3ncc(C4=CC[C@H](C)N(CC(=O)NC)C4)[nH]3)NNC2C1F. The van der Waals surface area contributed by atoms with Crippen molar-refractivity contribution in [3.8, 4) is 5.75 Å². The number of phenols is 1. The lowest BCUT2D eigenvalue weighted by Crippen LogP contribution is -2.45. The number of amides is 1. The summed E-state index contributed by atoms with van der Waals surface area (Å²) in [5.41, 5.74) is 10.6. The number of imidazole rings is 1. The number of phenolic OH excluding ortho intramolecular Hbond substituents is 1. The molecular weight excluding hydrogens is 459 g/mol. The number of aromatic nitrogens is 2. The van der Waals surface area contributed by atoms with Crippen molar-refractivity contribution in [2.24, 2.45) is 5.92 Å². The predicted molar refractivity (Wildman–Crippen MR) is 137 cm³/mol. The van der Waals surface area contributed by atoms with E-state index in [-0.39, 0.29) is 35.6 Å². The second-order valence-electron chi connectivity index (χ2n) is 10.4. The Bertz CT molecular complexity index is 1130. The lowest BCUT2D eigenvalue weighted by molar-refractivity contribution is -0.122. The number of aryl methyl sites for hydroxylation is 1. The number of hydrazine groups is 1. The topological polar surface area (TPSA) is 105 Å². The highest BCUT2D eigenvalue weighted by Gasteiger charge is 2.48. The molecule has 36 heavy (non-hydrogen) atoms. The van der Waals surface area contributed by atoms with Gasteiger partial charge in [0, 0.05) is 31.5 Å². The first kappa shape index (κ1) is 24.9. The third-order valence-corrected chi connectivity index (χ3v) is 8.30. The number of hydrogen-bond acceptors (Lipinski definition) is 6. The number of hydrogen-bond donors (Lipinski definition) is 5. The Morgan fingerprint density at radius 1 is 1.31 bits per heavy atom. The Kier molecular flexibility index (Phi) is 7.14. The van der Waals surface area contributed by atoms with Crippen LogP contribution in [0.4, 0.5) is 4.39 Å². The van der Waals surface area contributed by atoms with Crippen LogP contribution in [0.2, 0.25) is 0 Å². The van der Waals surface area contributed by atoms with Crippen LogP contribution >= 0.6 is 0 Å². The van der Waals surface area contributed by atoms with E-state index in [0.717, 1.165) is 53.9 Å². The Morgan fingerprint density at radius 3 is 2.92 bits per heavy atom. The molecule has 6 atom stereocenters. The van der Waals surface area contributed by atoms with Gasteiger partial charge in [0.1, 0.15) is 17.7 Å². The first-order valence-corrected chi connectivity index (χ1v) is 13.0. The normalized spacial score (nSPS) is 30.6. The minimum Gasteiger partial charge on any atom is -0.508 e. The highest BCUT2D eigenvalue weighted by Crippen LogP contribution is 2.45. The maximum Gasteiger partial charge on any atom is 0.233 e. The second-order valence-corrected chi connectivity index (χ2v) is 10.4. The number of halogens is 1. The van der Waals surface area contributed by atoms with E-state index in [9.17, 15) is 9.90 Å². The summed E-state index contributed by atoms with van der Waals surface area (Å²) < 4.78 is 15.9. The first-order chi connectivity index (χ1) is 17.4. The molecule has 1 aliphatic carbocycles. The van der Waals surface area contributed by atoms with Crippen LogP contribution in [0.15, 0.2) is 30.5 Å². The zero-order valence-electron chi connectivity index (χ0n) is 21.2. The van der Waals surface area contributed by atoms with Gasteiger partial charge in [0.15, 0.2) is 0 Å². The first-order valence-electron chi connectivity index (χ1n) is 13.0. The molecule has 1 aromatic carbocycles. The van der Waals surface area contributed by atoms with Crippen molar-refractivity contribution in [2.45, 2.75) is 69.7 Å². The van der Waals surface area contributed by atoms with Crippen molar-refractivity contribution in [3.63, 3.8) is 0 Å². The average molecular weight is 497 g/mol. The number of alkyl halides is 1. The summed E-state index contributed by atoms with van der Waals surface area (Å²) >= 11 is 0. The van der Waals surface area contributed by atoms with Crippen LogP contribution < -0.4 is 16.2 Å². The van der Waals surface area contributed by atoms with E-state index in [0.29, 0.717) is 19.1 Å². The molecule has 194 valence electrons. The highest BCUT2D eigenvalue weighted by molar-refractivity contribution is 5.78. The standard InChI is InChI=1S/C27H37FN6O2/c1-4-16-11-18(35)7-8-19(16)20-9-10-21-25(24(20)28)32-33-26(21)27-30-12-22(31-27)17-6-5-15(2)34(13-17)14-23(36)29-3/h6-8,11-12,15,20-21,24-26,32-33,35H,4-5,9-10,13-14H2,1-3H3,(H,29,36)(H,30,31)/t15-,20?,21?,24?,25?,26?/m0/s1. The quantitative estimate of drug-likeness (QED) is 0.421. The zero-order chi connectivity index (χ0) is 25.4. The van der Waals surface area contributed by atoms with Crippen molar-refractivity contribution >= 4 is 11.5 Å². The average Bonchev–Trinajstić information content (AvgIpc) is 3.53. The van der Waals surface area contributed by atoms with Crippen LogP contribution in [0.3, 0.4) is 0 Å². The van der Waals surface area contributed by atoms with Crippen LogP contribution in [-0.4, -0.2) is 64.3 Å². The molecule has 9 heteroatoms. The van der Waals surface area contributed by atoms with E-state index in [1.165, 1.54) is 0 Å². The third-order valence-electron chi connectivity index (χ3n) is 8.30. The van der Waals surface area contributed by atoms with Gasteiger partial charge in [0.25, 0.3) is 0 Å². The molecule has 5 rings (SSSR count). The van der Waals surface area contributed by atoms with E-state index >= 15 is 4.39 Å². The van der Waals surface area contributed by atoms with Crippen molar-refractivity contribution in [2.75, 3.05) is 20.1 Å². The van der Waals surface area contributed by atoms with Gasteiger partial charge in [-0.05, 0) is 61.4 Å². The summed E-state index contributed by atoms with van der Waals surface area (Å²) in [4.78, 5) is 22.3. The van der Waals surface area contributed by atoms with Crippen LogP contribution in [0, 0.1) is 5.92 Å². The number of fused-ring (bicyclic) bond motifs is 1. The summed E-state index contributed by atoms with van der Waals surface area (Å²) in [6.45, 7) is 5.22. The fourth-order valence-corrected chi connectivity index (χ4v) is 6.14. The number of nitrogens with one attached hydrogen (secondary N) is 4. The molecule has 3 aliphatic rings. The molecule has 5 N–H and O–H groups in total. The molecule has 8 nitrogen and oxygen atoms in total. The Labute approximate surface area is 211 Å². The number of benzene rings is 1. The molecule has 1 saturated heterocycles. The number of rotatable bonds is 6.